The first-order chi connectivity index (χ1) is 6.75. The fourth-order valence-electron chi connectivity index (χ4n) is 1.48. The molecule has 14 heavy (non-hydrogen) atoms. The van der Waals surface area contributed by atoms with E-state index < -0.39 is 0 Å². The van der Waals surface area contributed by atoms with Crippen LogP contribution in [0.3, 0.4) is 0 Å². The Kier molecular flexibility index (Phi) is 4.66. The smallest absolute Gasteiger partial charge is 0.0948 e. The van der Waals surface area contributed by atoms with Crippen molar-refractivity contribution in [1.29, 1.82) is 0 Å². The largest absolute Gasteiger partial charge is 0.334 e. The van der Waals surface area contributed by atoms with Gasteiger partial charge in [-0.2, -0.15) is 0 Å². The van der Waals surface area contributed by atoms with Crippen LogP contribution < -0.4 is 5.32 Å². The summed E-state index contributed by atoms with van der Waals surface area (Å²) in [6.07, 6.45) is 6.96. The van der Waals surface area contributed by atoms with E-state index in [1.807, 2.05) is 18.7 Å². The summed E-state index contributed by atoms with van der Waals surface area (Å²) in [5.41, 5.74) is 0. The van der Waals surface area contributed by atoms with Gasteiger partial charge in [0.15, 0.2) is 0 Å². The molecule has 0 bridgehead atoms. The van der Waals surface area contributed by atoms with E-state index in [2.05, 4.69) is 35.6 Å². The second-order valence-electron chi connectivity index (χ2n) is 3.93. The number of hydrogen-bond donors (Lipinski definition) is 1. The molecular weight excluding hydrogens is 174 g/mol. The highest BCUT2D eigenvalue weighted by Gasteiger charge is 2.12. The molecule has 0 amide bonds. The second kappa shape index (κ2) is 5.81. The van der Waals surface area contributed by atoms with Crippen LogP contribution in [-0.2, 0) is 0 Å². The number of imidazole rings is 1. The summed E-state index contributed by atoms with van der Waals surface area (Å²) in [6, 6.07) is 0.516. The standard InChI is InChI=1S/C11H21N3/c1-4-5-12-8-10(2)11(3)14-7-6-13-9-14/h6-7,9-12H,4-5,8H2,1-3H3. The Morgan fingerprint density at radius 1 is 1.43 bits per heavy atom. The van der Waals surface area contributed by atoms with Crippen molar-refractivity contribution < 1.29 is 0 Å². The summed E-state index contributed by atoms with van der Waals surface area (Å²) >= 11 is 0. The average molecular weight is 195 g/mol. The van der Waals surface area contributed by atoms with E-state index in [4.69, 9.17) is 0 Å². The summed E-state index contributed by atoms with van der Waals surface area (Å²) in [6.45, 7) is 8.89. The minimum absolute atomic E-state index is 0.516. The number of nitrogens with zero attached hydrogens (tertiary/aromatic N) is 2. The molecule has 1 aromatic heterocycles. The van der Waals surface area contributed by atoms with Gasteiger partial charge in [-0.15, -0.1) is 0 Å². The van der Waals surface area contributed by atoms with E-state index in [9.17, 15) is 0 Å². The van der Waals surface area contributed by atoms with Gasteiger partial charge >= 0.3 is 0 Å². The Bertz CT molecular complexity index is 231. The minimum atomic E-state index is 0.516. The van der Waals surface area contributed by atoms with E-state index in [0.717, 1.165) is 13.1 Å². The van der Waals surface area contributed by atoms with Gasteiger partial charge in [0.05, 0.1) is 6.33 Å². The quantitative estimate of drug-likeness (QED) is 0.704. The monoisotopic (exact) mass is 195 g/mol. The first-order valence-corrected chi connectivity index (χ1v) is 5.43. The Morgan fingerprint density at radius 2 is 2.21 bits per heavy atom. The van der Waals surface area contributed by atoms with Crippen LogP contribution in [0.1, 0.15) is 33.2 Å². The Balaban J connectivity index is 2.33. The van der Waals surface area contributed by atoms with Crippen LogP contribution in [0.15, 0.2) is 18.7 Å². The lowest BCUT2D eigenvalue weighted by Gasteiger charge is -2.21. The van der Waals surface area contributed by atoms with Gasteiger partial charge in [-0.3, -0.25) is 0 Å². The molecule has 0 aliphatic rings. The third-order valence-corrected chi connectivity index (χ3v) is 2.71. The van der Waals surface area contributed by atoms with Crippen LogP contribution in [-0.4, -0.2) is 22.6 Å². The molecule has 1 heterocycles. The number of aromatic nitrogens is 2. The van der Waals surface area contributed by atoms with Gasteiger partial charge in [-0.05, 0) is 32.4 Å². The Morgan fingerprint density at radius 3 is 2.79 bits per heavy atom. The number of rotatable bonds is 6. The van der Waals surface area contributed by atoms with Crippen LogP contribution in [0.5, 0.6) is 0 Å². The summed E-state index contributed by atoms with van der Waals surface area (Å²) in [5.74, 6) is 0.635. The van der Waals surface area contributed by atoms with E-state index >= 15 is 0 Å². The fraction of sp³-hybridized carbons (Fsp3) is 0.727. The van der Waals surface area contributed by atoms with Crippen molar-refractivity contribution in [1.82, 2.24) is 14.9 Å². The lowest BCUT2D eigenvalue weighted by molar-refractivity contribution is 0.361. The first-order valence-electron chi connectivity index (χ1n) is 5.43. The van der Waals surface area contributed by atoms with Crippen molar-refractivity contribution in [3.8, 4) is 0 Å². The molecule has 3 nitrogen and oxygen atoms in total. The Hall–Kier alpha value is -0.830. The zero-order valence-electron chi connectivity index (χ0n) is 9.40. The molecule has 0 aliphatic carbocycles. The third-order valence-electron chi connectivity index (χ3n) is 2.71. The molecule has 0 fully saturated rings. The summed E-state index contributed by atoms with van der Waals surface area (Å²) < 4.78 is 2.16. The topological polar surface area (TPSA) is 29.9 Å². The molecule has 0 saturated heterocycles. The summed E-state index contributed by atoms with van der Waals surface area (Å²) in [4.78, 5) is 4.06. The molecule has 0 aromatic carbocycles. The maximum absolute atomic E-state index is 4.06. The first kappa shape index (κ1) is 11.2. The van der Waals surface area contributed by atoms with E-state index in [-0.39, 0.29) is 0 Å². The van der Waals surface area contributed by atoms with Crippen molar-refractivity contribution in [3.63, 3.8) is 0 Å². The van der Waals surface area contributed by atoms with Gasteiger partial charge in [0.2, 0.25) is 0 Å². The maximum Gasteiger partial charge on any atom is 0.0948 e. The molecule has 1 aromatic rings. The second-order valence-corrected chi connectivity index (χ2v) is 3.93. The van der Waals surface area contributed by atoms with Gasteiger partial charge in [0.25, 0.3) is 0 Å². The molecule has 3 heteroatoms. The molecular formula is C11H21N3. The predicted molar refractivity (Wildman–Crippen MR) is 59.3 cm³/mol. The van der Waals surface area contributed by atoms with Gasteiger partial charge in [0.1, 0.15) is 0 Å². The van der Waals surface area contributed by atoms with Gasteiger partial charge < -0.3 is 9.88 Å². The predicted octanol–water partition coefficient (Wildman–Crippen LogP) is 2.08. The van der Waals surface area contributed by atoms with E-state index in [1.165, 1.54) is 6.42 Å². The zero-order valence-corrected chi connectivity index (χ0v) is 9.40. The van der Waals surface area contributed by atoms with Gasteiger partial charge in [-0.25, -0.2) is 4.98 Å². The average Bonchev–Trinajstić information content (AvgIpc) is 2.69. The van der Waals surface area contributed by atoms with Crippen molar-refractivity contribution in [2.75, 3.05) is 13.1 Å². The molecule has 0 radical (unpaired) electrons. The van der Waals surface area contributed by atoms with Crippen LogP contribution in [0, 0.1) is 5.92 Å². The van der Waals surface area contributed by atoms with E-state index in [1.54, 1.807) is 0 Å². The van der Waals surface area contributed by atoms with Gasteiger partial charge in [0, 0.05) is 18.4 Å². The van der Waals surface area contributed by atoms with Crippen LogP contribution in [0.2, 0.25) is 0 Å². The van der Waals surface area contributed by atoms with Crippen LogP contribution >= 0.6 is 0 Å². The van der Waals surface area contributed by atoms with Gasteiger partial charge in [-0.1, -0.05) is 13.8 Å². The van der Waals surface area contributed by atoms with Crippen LogP contribution in [0.25, 0.3) is 0 Å². The highest BCUT2D eigenvalue weighted by Crippen LogP contribution is 2.15. The molecule has 0 saturated carbocycles. The molecule has 80 valence electrons. The SMILES string of the molecule is CCCNCC(C)C(C)n1ccnc1. The molecule has 1 rings (SSSR count). The number of nitrogens with one attached hydrogen (secondary N) is 1. The van der Waals surface area contributed by atoms with Crippen molar-refractivity contribution in [2.24, 2.45) is 5.92 Å². The highest BCUT2D eigenvalue weighted by molar-refractivity contribution is 4.81. The zero-order chi connectivity index (χ0) is 10.4. The molecule has 0 aliphatic heterocycles. The number of hydrogen-bond acceptors (Lipinski definition) is 2. The molecule has 2 unspecified atom stereocenters. The lowest BCUT2D eigenvalue weighted by atomic mass is 10.0. The molecule has 2 atom stereocenters. The van der Waals surface area contributed by atoms with Crippen LogP contribution in [0.4, 0.5) is 0 Å². The van der Waals surface area contributed by atoms with E-state index in [0.29, 0.717) is 12.0 Å². The third kappa shape index (κ3) is 3.14. The highest BCUT2D eigenvalue weighted by atomic mass is 15.1. The molecule has 0 spiro atoms. The van der Waals surface area contributed by atoms with Crippen molar-refractivity contribution in [2.45, 2.75) is 33.2 Å². The summed E-state index contributed by atoms with van der Waals surface area (Å²) in [5, 5.41) is 3.44. The van der Waals surface area contributed by atoms with Crippen molar-refractivity contribution in [3.05, 3.63) is 18.7 Å². The molecule has 1 N–H and O–H groups in total. The maximum atomic E-state index is 4.06. The normalized spacial score (nSPS) is 15.4. The minimum Gasteiger partial charge on any atom is -0.334 e. The summed E-state index contributed by atoms with van der Waals surface area (Å²) in [7, 11) is 0. The fourth-order valence-corrected chi connectivity index (χ4v) is 1.48. The van der Waals surface area contributed by atoms with Crippen molar-refractivity contribution >= 4 is 0 Å². The lowest BCUT2D eigenvalue weighted by Crippen LogP contribution is -2.26. The Labute approximate surface area is 86.5 Å².